The molecule has 0 amide bonds. The molecule has 0 aromatic carbocycles. The van der Waals surface area contributed by atoms with Gasteiger partial charge in [-0.1, -0.05) is 11.6 Å². The van der Waals surface area contributed by atoms with Crippen LogP contribution in [0.2, 0.25) is 5.02 Å². The topological polar surface area (TPSA) is 52.8 Å². The van der Waals surface area contributed by atoms with Crippen molar-refractivity contribution in [3.05, 3.63) is 34.9 Å². The fraction of sp³-hybridized carbons (Fsp3) is 0.364. The van der Waals surface area contributed by atoms with E-state index in [0.29, 0.717) is 10.7 Å². The van der Waals surface area contributed by atoms with Crippen molar-refractivity contribution in [3.63, 3.8) is 0 Å². The van der Waals surface area contributed by atoms with Crippen molar-refractivity contribution in [2.24, 2.45) is 7.05 Å². The lowest BCUT2D eigenvalue weighted by molar-refractivity contribution is 0.0118. The summed E-state index contributed by atoms with van der Waals surface area (Å²) >= 11 is 5.89. The van der Waals surface area contributed by atoms with E-state index in [9.17, 15) is 8.78 Å². The number of aryl methyl sites for hydroxylation is 1. The summed E-state index contributed by atoms with van der Waals surface area (Å²) in [5, 5.41) is 4.48. The van der Waals surface area contributed by atoms with Gasteiger partial charge in [0.1, 0.15) is 18.0 Å². The lowest BCUT2D eigenvalue weighted by atomic mass is 10.3. The molecule has 0 saturated carbocycles. The normalized spacial score (nSPS) is 11.6. The molecule has 0 radical (unpaired) electrons. The first-order valence-corrected chi connectivity index (χ1v) is 5.76. The number of hydrogen-bond donors (Lipinski definition) is 0. The summed E-state index contributed by atoms with van der Waals surface area (Å²) in [5.41, 5.74) is 0.0889. The minimum atomic E-state index is -3.04. The quantitative estimate of drug-likeness (QED) is 0.867. The van der Waals surface area contributed by atoms with Gasteiger partial charge in [0, 0.05) is 26.4 Å². The van der Waals surface area contributed by atoms with Crippen LogP contribution in [0.5, 0.6) is 6.01 Å². The number of halogens is 3. The Bertz CT molecular complexity index is 582. The number of hydrogen-bond acceptors (Lipinski definition) is 4. The van der Waals surface area contributed by atoms with Crippen molar-refractivity contribution in [2.45, 2.75) is 19.5 Å². The Morgan fingerprint density at radius 3 is 2.79 bits per heavy atom. The fourth-order valence-corrected chi connectivity index (χ4v) is 1.62. The minimum Gasteiger partial charge on any atom is -0.457 e. The van der Waals surface area contributed by atoms with Crippen LogP contribution in [0.25, 0.3) is 0 Å². The van der Waals surface area contributed by atoms with Crippen molar-refractivity contribution < 1.29 is 13.5 Å². The Morgan fingerprint density at radius 2 is 2.21 bits per heavy atom. The van der Waals surface area contributed by atoms with Gasteiger partial charge < -0.3 is 4.74 Å². The maximum Gasteiger partial charge on any atom is 0.317 e. The zero-order chi connectivity index (χ0) is 14.0. The molecule has 0 aliphatic rings. The minimum absolute atomic E-state index is 0.0123. The van der Waals surface area contributed by atoms with E-state index in [-0.39, 0.29) is 12.6 Å². The third-order valence-corrected chi connectivity index (χ3v) is 2.59. The molecule has 2 aromatic heterocycles. The van der Waals surface area contributed by atoms with Crippen molar-refractivity contribution in [1.82, 2.24) is 19.7 Å². The van der Waals surface area contributed by atoms with Crippen LogP contribution in [0.1, 0.15) is 18.3 Å². The summed E-state index contributed by atoms with van der Waals surface area (Å²) < 4.78 is 32.9. The molecule has 0 fully saturated rings. The van der Waals surface area contributed by atoms with Crippen molar-refractivity contribution in [1.29, 1.82) is 0 Å². The Hall–Kier alpha value is -1.76. The predicted molar refractivity (Wildman–Crippen MR) is 64.2 cm³/mol. The van der Waals surface area contributed by atoms with Gasteiger partial charge in [0.2, 0.25) is 0 Å². The van der Waals surface area contributed by atoms with Gasteiger partial charge in [0.25, 0.3) is 5.92 Å². The number of nitrogens with zero attached hydrogens (tertiary/aromatic N) is 4. The Kier molecular flexibility index (Phi) is 3.66. The summed E-state index contributed by atoms with van der Waals surface area (Å²) in [7, 11) is 1.71. The van der Waals surface area contributed by atoms with Gasteiger partial charge >= 0.3 is 6.01 Å². The van der Waals surface area contributed by atoms with Crippen molar-refractivity contribution in [3.8, 4) is 6.01 Å². The maximum atomic E-state index is 13.1. The van der Waals surface area contributed by atoms with Gasteiger partial charge in [-0.05, 0) is 6.07 Å². The average molecular weight is 289 g/mol. The summed E-state index contributed by atoms with van der Waals surface area (Å²) in [6.45, 7) is 0.771. The van der Waals surface area contributed by atoms with Crippen LogP contribution >= 0.6 is 11.6 Å². The highest BCUT2D eigenvalue weighted by Gasteiger charge is 2.26. The molecule has 102 valence electrons. The maximum absolute atomic E-state index is 13.1. The molecule has 2 rings (SSSR count). The van der Waals surface area contributed by atoms with Crippen LogP contribution in [-0.4, -0.2) is 19.7 Å². The van der Waals surface area contributed by atoms with Gasteiger partial charge in [0.15, 0.2) is 0 Å². The molecule has 19 heavy (non-hydrogen) atoms. The molecule has 0 unspecified atom stereocenters. The second-order valence-electron chi connectivity index (χ2n) is 4.00. The second kappa shape index (κ2) is 5.08. The Balaban J connectivity index is 2.10. The van der Waals surface area contributed by atoms with Gasteiger partial charge in [-0.2, -0.15) is 18.9 Å². The molecule has 5 nitrogen and oxygen atoms in total. The van der Waals surface area contributed by atoms with E-state index < -0.39 is 11.6 Å². The molecule has 2 heterocycles. The largest absolute Gasteiger partial charge is 0.457 e. The molecule has 0 aliphatic carbocycles. The first-order valence-electron chi connectivity index (χ1n) is 5.38. The summed E-state index contributed by atoms with van der Waals surface area (Å²) in [4.78, 5) is 7.39. The van der Waals surface area contributed by atoms with E-state index in [1.807, 2.05) is 0 Å². The van der Waals surface area contributed by atoms with Crippen LogP contribution in [0, 0.1) is 0 Å². The molecular formula is C11H11ClF2N4O. The van der Waals surface area contributed by atoms with E-state index in [1.165, 1.54) is 10.9 Å². The highest BCUT2D eigenvalue weighted by atomic mass is 35.5. The number of ether oxygens (including phenoxy) is 1. The average Bonchev–Trinajstić information content (AvgIpc) is 2.64. The van der Waals surface area contributed by atoms with Crippen molar-refractivity contribution in [2.75, 3.05) is 0 Å². The van der Waals surface area contributed by atoms with Crippen LogP contribution < -0.4 is 4.74 Å². The van der Waals surface area contributed by atoms with E-state index in [1.54, 1.807) is 13.2 Å². The zero-order valence-corrected chi connectivity index (χ0v) is 11.0. The Labute approximate surface area is 113 Å². The highest BCUT2D eigenvalue weighted by Crippen LogP contribution is 2.25. The number of rotatable bonds is 4. The van der Waals surface area contributed by atoms with Gasteiger partial charge in [-0.15, -0.1) is 0 Å². The molecule has 0 N–H and O–H groups in total. The molecule has 8 heteroatoms. The third-order valence-electron chi connectivity index (χ3n) is 2.28. The lowest BCUT2D eigenvalue weighted by Gasteiger charge is -2.10. The van der Waals surface area contributed by atoms with Crippen LogP contribution in [0.4, 0.5) is 8.78 Å². The fourth-order valence-electron chi connectivity index (χ4n) is 1.39. The van der Waals surface area contributed by atoms with Gasteiger partial charge in [0.05, 0.1) is 5.02 Å². The van der Waals surface area contributed by atoms with Crippen LogP contribution in [0.3, 0.4) is 0 Å². The molecular weight excluding hydrogens is 278 g/mol. The third kappa shape index (κ3) is 3.37. The standard InChI is InChI=1S/C11H11ClF2N4O/c1-11(13,14)9-3-4-15-10(16-9)19-6-8-7(12)5-18(2)17-8/h3-5H,6H2,1-2H3. The number of aromatic nitrogens is 4. The lowest BCUT2D eigenvalue weighted by Crippen LogP contribution is -2.11. The molecule has 0 saturated heterocycles. The van der Waals surface area contributed by atoms with Crippen LogP contribution in [-0.2, 0) is 19.6 Å². The number of alkyl halides is 2. The van der Waals surface area contributed by atoms with E-state index in [2.05, 4.69) is 15.1 Å². The molecule has 0 aliphatic heterocycles. The Morgan fingerprint density at radius 1 is 1.47 bits per heavy atom. The highest BCUT2D eigenvalue weighted by molar-refractivity contribution is 6.31. The molecule has 0 atom stereocenters. The monoisotopic (exact) mass is 288 g/mol. The second-order valence-corrected chi connectivity index (χ2v) is 4.41. The van der Waals surface area contributed by atoms with E-state index in [0.717, 1.165) is 13.0 Å². The van der Waals surface area contributed by atoms with Gasteiger partial charge in [-0.25, -0.2) is 4.98 Å². The smallest absolute Gasteiger partial charge is 0.317 e. The van der Waals surface area contributed by atoms with Gasteiger partial charge in [-0.3, -0.25) is 4.68 Å². The van der Waals surface area contributed by atoms with Crippen molar-refractivity contribution >= 4 is 11.6 Å². The molecule has 2 aromatic rings. The summed E-state index contributed by atoms with van der Waals surface area (Å²) in [6, 6.07) is 1.00. The summed E-state index contributed by atoms with van der Waals surface area (Å²) in [6.07, 6.45) is 2.83. The first kappa shape index (κ1) is 13.7. The van der Waals surface area contributed by atoms with E-state index in [4.69, 9.17) is 16.3 Å². The van der Waals surface area contributed by atoms with Crippen LogP contribution in [0.15, 0.2) is 18.5 Å². The predicted octanol–water partition coefficient (Wildman–Crippen LogP) is 2.55. The van der Waals surface area contributed by atoms with E-state index >= 15 is 0 Å². The molecule has 0 bridgehead atoms. The first-order chi connectivity index (χ1) is 8.86. The zero-order valence-electron chi connectivity index (χ0n) is 10.3. The molecule has 0 spiro atoms. The SMILES string of the molecule is Cn1cc(Cl)c(COc2nccc(C(C)(F)F)n2)n1. The summed E-state index contributed by atoms with van der Waals surface area (Å²) in [5.74, 6) is -3.04.